The molecule has 4 aromatic heterocycles. The average Bonchev–Trinajstić information content (AvgIpc) is 4.33. The lowest BCUT2D eigenvalue weighted by Gasteiger charge is -2.26. The van der Waals surface area contributed by atoms with E-state index in [9.17, 15) is 0 Å². The third-order valence-electron chi connectivity index (χ3n) is 16.1. The number of para-hydroxylation sites is 4. The predicted octanol–water partition coefficient (Wildman–Crippen LogP) is 19.6. The first-order chi connectivity index (χ1) is 36.2. The van der Waals surface area contributed by atoms with Crippen molar-refractivity contribution >= 4 is 97.7 Å². The minimum Gasteiger partial charge on any atom is -0.308 e. The van der Waals surface area contributed by atoms with E-state index in [1.165, 1.54) is 96.7 Å². The van der Waals surface area contributed by atoms with E-state index in [1.54, 1.807) is 0 Å². The summed E-state index contributed by atoms with van der Waals surface area (Å²) in [6, 6.07) is 85.5. The molecule has 0 N–H and O–H groups in total. The molecular formula is C68H50N4S2. The summed E-state index contributed by atoms with van der Waals surface area (Å²) >= 11 is 3.75. The van der Waals surface area contributed by atoms with E-state index in [4.69, 9.17) is 0 Å². The van der Waals surface area contributed by atoms with Crippen molar-refractivity contribution in [3.05, 3.63) is 253 Å². The van der Waals surface area contributed by atoms with Crippen molar-refractivity contribution in [1.82, 2.24) is 9.13 Å². The van der Waals surface area contributed by atoms with Crippen molar-refractivity contribution in [3.8, 4) is 33.6 Å². The summed E-state index contributed by atoms with van der Waals surface area (Å²) in [4.78, 5) is 4.92. The molecule has 0 amide bonds. The van der Waals surface area contributed by atoms with Crippen LogP contribution in [0, 0.1) is 0 Å². The second kappa shape index (κ2) is 16.0. The van der Waals surface area contributed by atoms with Crippen molar-refractivity contribution in [2.45, 2.75) is 38.5 Å². The van der Waals surface area contributed by atoms with Gasteiger partial charge in [-0.25, -0.2) is 0 Å². The van der Waals surface area contributed by atoms with Crippen molar-refractivity contribution in [3.63, 3.8) is 0 Å². The third-order valence-corrected chi connectivity index (χ3v) is 18.4. The highest BCUT2D eigenvalue weighted by atomic mass is 32.1. The van der Waals surface area contributed by atoms with Crippen LogP contribution in [0.4, 0.5) is 32.8 Å². The lowest BCUT2D eigenvalue weighted by molar-refractivity contribution is 0.660. The quantitative estimate of drug-likeness (QED) is 0.151. The van der Waals surface area contributed by atoms with E-state index in [2.05, 4.69) is 277 Å². The molecule has 0 bridgehead atoms. The van der Waals surface area contributed by atoms with Gasteiger partial charge in [-0.05, 0) is 142 Å². The van der Waals surface area contributed by atoms with Gasteiger partial charge in [0.25, 0.3) is 0 Å². The fourth-order valence-electron chi connectivity index (χ4n) is 12.6. The van der Waals surface area contributed by atoms with Crippen LogP contribution in [0.15, 0.2) is 231 Å². The Kier molecular flexibility index (Phi) is 9.36. The first-order valence-electron chi connectivity index (χ1n) is 25.6. The molecule has 0 radical (unpaired) electrons. The normalized spacial score (nSPS) is 13.9. The number of hydrogen-bond donors (Lipinski definition) is 0. The molecule has 0 atom stereocenters. The van der Waals surface area contributed by atoms with Gasteiger partial charge >= 0.3 is 0 Å². The summed E-state index contributed by atoms with van der Waals surface area (Å²) in [5, 5.41) is 4.81. The number of thiophene rings is 2. The zero-order valence-corrected chi connectivity index (χ0v) is 43.2. The summed E-state index contributed by atoms with van der Waals surface area (Å²) in [7, 11) is 0. The van der Waals surface area contributed by atoms with Gasteiger partial charge in [-0.3, -0.25) is 0 Å². The van der Waals surface area contributed by atoms with Crippen LogP contribution in [0.1, 0.15) is 49.9 Å². The maximum Gasteiger partial charge on any atom is 0.103 e. The smallest absolute Gasteiger partial charge is 0.103 e. The van der Waals surface area contributed by atoms with Gasteiger partial charge in [-0.1, -0.05) is 161 Å². The van der Waals surface area contributed by atoms with E-state index in [0.717, 1.165) is 34.1 Å². The van der Waals surface area contributed by atoms with Crippen LogP contribution in [0.2, 0.25) is 0 Å². The topological polar surface area (TPSA) is 16.3 Å². The van der Waals surface area contributed by atoms with Gasteiger partial charge in [0.15, 0.2) is 0 Å². The monoisotopic (exact) mass is 986 g/mol. The maximum absolute atomic E-state index is 2.50. The van der Waals surface area contributed by atoms with Crippen molar-refractivity contribution in [2.75, 3.05) is 9.80 Å². The van der Waals surface area contributed by atoms with Crippen LogP contribution in [-0.2, 0) is 10.8 Å². The molecule has 15 rings (SSSR count). The molecule has 0 fully saturated rings. The van der Waals surface area contributed by atoms with Crippen molar-refractivity contribution < 1.29 is 0 Å². The van der Waals surface area contributed by atoms with Crippen LogP contribution in [0.3, 0.4) is 0 Å². The summed E-state index contributed by atoms with van der Waals surface area (Å²) in [5.41, 5.74) is 22.3. The van der Waals surface area contributed by atoms with Gasteiger partial charge in [0.1, 0.15) is 10.0 Å². The molecule has 354 valence electrons. The SMILES string of the molecule is CC1(C)c2ccccc2-c2cc(N(c3ccccc3)c3cc4c(s3)c3cc5c(cc3n4-c3ccccc3)c3sc(N(c4ccccc4)c4ccc6c(c4)-c4ccccc4C6(C)C)cc3n5-c3ccccc3)ccc21. The van der Waals surface area contributed by atoms with Crippen LogP contribution < -0.4 is 9.80 Å². The fourth-order valence-corrected chi connectivity index (χ4v) is 15.0. The lowest BCUT2D eigenvalue weighted by Crippen LogP contribution is -2.15. The summed E-state index contributed by atoms with van der Waals surface area (Å²) < 4.78 is 7.51. The summed E-state index contributed by atoms with van der Waals surface area (Å²) in [6.45, 7) is 9.42. The zero-order chi connectivity index (χ0) is 49.5. The highest BCUT2D eigenvalue weighted by Crippen LogP contribution is 2.55. The Morgan fingerprint density at radius 1 is 0.311 bits per heavy atom. The highest BCUT2D eigenvalue weighted by Gasteiger charge is 2.37. The first-order valence-corrected chi connectivity index (χ1v) is 27.2. The Bertz CT molecular complexity index is 4080. The lowest BCUT2D eigenvalue weighted by atomic mass is 9.82. The molecule has 74 heavy (non-hydrogen) atoms. The number of benzene rings is 9. The van der Waals surface area contributed by atoms with Gasteiger partial charge < -0.3 is 18.9 Å². The molecule has 9 aromatic carbocycles. The molecule has 0 unspecified atom stereocenters. The zero-order valence-electron chi connectivity index (χ0n) is 41.5. The Labute approximate surface area is 438 Å². The number of anilines is 6. The molecule has 6 heteroatoms. The number of fused-ring (bicyclic) bond motifs is 12. The van der Waals surface area contributed by atoms with Crippen LogP contribution >= 0.6 is 22.7 Å². The predicted molar refractivity (Wildman–Crippen MR) is 315 cm³/mol. The number of rotatable bonds is 8. The molecule has 0 spiro atoms. The highest BCUT2D eigenvalue weighted by molar-refractivity contribution is 7.24. The van der Waals surface area contributed by atoms with Gasteiger partial charge in [-0.2, -0.15) is 0 Å². The van der Waals surface area contributed by atoms with E-state index in [0.29, 0.717) is 0 Å². The van der Waals surface area contributed by atoms with Crippen molar-refractivity contribution in [1.29, 1.82) is 0 Å². The van der Waals surface area contributed by atoms with Gasteiger partial charge in [0.05, 0.1) is 31.5 Å². The Hall–Kier alpha value is -8.42. The van der Waals surface area contributed by atoms with Gasteiger partial charge in [0.2, 0.25) is 0 Å². The molecule has 0 aliphatic heterocycles. The molecule has 2 aliphatic carbocycles. The van der Waals surface area contributed by atoms with Crippen LogP contribution in [0.5, 0.6) is 0 Å². The minimum absolute atomic E-state index is 0.0702. The Morgan fingerprint density at radius 3 is 1.07 bits per heavy atom. The standard InChI is InChI=1S/C68H50N4S2/c1-67(2)55-31-19-17-29-49(55)51-37-47(33-35-57(51)67)69(43-21-9-5-10-22-43)63-41-61-65(73-63)53-39-60-54(40-59(53)71(61)45-25-13-7-14-26-45)66-62(72(60)46-27-15-8-16-28-46)42-64(74-66)70(44-23-11-6-12-24-44)48-34-36-58-52(38-48)50-30-18-20-32-56(50)68(58,3)4/h5-42H,1-4H3. The van der Waals surface area contributed by atoms with Gasteiger partial charge in [-0.15, -0.1) is 22.7 Å². The molecule has 13 aromatic rings. The Balaban J connectivity index is 0.954. The van der Waals surface area contributed by atoms with Crippen LogP contribution in [0.25, 0.3) is 75.9 Å². The Morgan fingerprint density at radius 2 is 0.662 bits per heavy atom. The molecule has 4 nitrogen and oxygen atoms in total. The minimum atomic E-state index is -0.0702. The van der Waals surface area contributed by atoms with Crippen LogP contribution in [-0.4, -0.2) is 9.13 Å². The largest absolute Gasteiger partial charge is 0.308 e. The van der Waals surface area contributed by atoms with E-state index in [1.807, 2.05) is 22.7 Å². The van der Waals surface area contributed by atoms with E-state index >= 15 is 0 Å². The average molecular weight is 987 g/mol. The second-order valence-electron chi connectivity index (χ2n) is 21.0. The number of hydrogen-bond acceptors (Lipinski definition) is 4. The second-order valence-corrected chi connectivity index (χ2v) is 23.0. The summed E-state index contributed by atoms with van der Waals surface area (Å²) in [6.07, 6.45) is 0. The van der Waals surface area contributed by atoms with Gasteiger partial charge in [0, 0.05) is 55.7 Å². The van der Waals surface area contributed by atoms with E-state index in [-0.39, 0.29) is 10.8 Å². The molecule has 0 saturated carbocycles. The first kappa shape index (κ1) is 43.2. The number of nitrogens with zero attached hydrogens (tertiary/aromatic N) is 4. The van der Waals surface area contributed by atoms with E-state index < -0.39 is 0 Å². The number of aromatic nitrogens is 2. The molecular weight excluding hydrogens is 937 g/mol. The summed E-state index contributed by atoms with van der Waals surface area (Å²) in [5.74, 6) is 0. The molecule has 0 saturated heterocycles. The molecule has 4 heterocycles. The molecule has 2 aliphatic rings. The fraction of sp³-hybridized carbons (Fsp3) is 0.0882. The third kappa shape index (κ3) is 6.25. The maximum atomic E-state index is 2.50. The van der Waals surface area contributed by atoms with Crippen molar-refractivity contribution in [2.24, 2.45) is 0 Å².